The summed E-state index contributed by atoms with van der Waals surface area (Å²) in [4.78, 5) is 3.44. The number of hydrogen-bond acceptors (Lipinski definition) is 6. The first-order chi connectivity index (χ1) is 10.9. The van der Waals surface area contributed by atoms with Gasteiger partial charge in [-0.15, -0.1) is 10.2 Å². The van der Waals surface area contributed by atoms with E-state index in [0.717, 1.165) is 56.5 Å². The standard InChI is InChI=1S/C15H23N5OS/c1-2-5-12(4-1)14-16-17-15-20(14)18-13(22-15)6-3-7-19-8-10-21-11-9-19/h12H,1-11H2. The molecule has 120 valence electrons. The van der Waals surface area contributed by atoms with Crippen LogP contribution in [0.25, 0.3) is 4.96 Å². The largest absolute Gasteiger partial charge is 0.379 e. The Hall–Kier alpha value is -1.05. The summed E-state index contributed by atoms with van der Waals surface area (Å²) in [6.07, 6.45) is 7.31. The zero-order valence-electron chi connectivity index (χ0n) is 12.9. The van der Waals surface area contributed by atoms with Gasteiger partial charge in [-0.3, -0.25) is 4.90 Å². The Morgan fingerprint density at radius 3 is 2.77 bits per heavy atom. The predicted molar refractivity (Wildman–Crippen MR) is 85.4 cm³/mol. The lowest BCUT2D eigenvalue weighted by molar-refractivity contribution is 0.0374. The maximum atomic E-state index is 5.39. The van der Waals surface area contributed by atoms with Crippen LogP contribution in [0.2, 0.25) is 0 Å². The van der Waals surface area contributed by atoms with Crippen LogP contribution in [0.15, 0.2) is 0 Å². The van der Waals surface area contributed by atoms with E-state index in [1.54, 1.807) is 11.3 Å². The zero-order valence-corrected chi connectivity index (χ0v) is 13.7. The highest BCUT2D eigenvalue weighted by atomic mass is 32.1. The Labute approximate surface area is 134 Å². The van der Waals surface area contributed by atoms with E-state index >= 15 is 0 Å². The van der Waals surface area contributed by atoms with Gasteiger partial charge in [-0.05, 0) is 25.8 Å². The van der Waals surface area contributed by atoms with E-state index in [-0.39, 0.29) is 0 Å². The van der Waals surface area contributed by atoms with Gasteiger partial charge in [-0.2, -0.15) is 9.61 Å². The third-order valence-corrected chi connectivity index (χ3v) is 5.70. The SMILES string of the molecule is C1CCC(c2nnc3sc(CCCN4CCOCC4)nn23)C1. The molecular formula is C15H23N5OS. The monoisotopic (exact) mass is 321 g/mol. The van der Waals surface area contributed by atoms with Crippen molar-refractivity contribution in [1.29, 1.82) is 0 Å². The van der Waals surface area contributed by atoms with Gasteiger partial charge in [0.1, 0.15) is 5.01 Å². The molecule has 1 saturated heterocycles. The lowest BCUT2D eigenvalue weighted by Crippen LogP contribution is -2.36. The van der Waals surface area contributed by atoms with Gasteiger partial charge >= 0.3 is 0 Å². The van der Waals surface area contributed by atoms with Crippen LogP contribution in [-0.2, 0) is 11.2 Å². The van der Waals surface area contributed by atoms with Crippen molar-refractivity contribution in [3.05, 3.63) is 10.8 Å². The Kier molecular flexibility index (Phi) is 4.36. The molecule has 3 heterocycles. The molecule has 6 nitrogen and oxygen atoms in total. The highest BCUT2D eigenvalue weighted by molar-refractivity contribution is 7.16. The third-order valence-electron chi connectivity index (χ3n) is 4.75. The van der Waals surface area contributed by atoms with Gasteiger partial charge in [-0.25, -0.2) is 0 Å². The molecule has 1 saturated carbocycles. The molecule has 2 fully saturated rings. The first-order valence-corrected chi connectivity index (χ1v) is 9.23. The van der Waals surface area contributed by atoms with Crippen LogP contribution in [0.5, 0.6) is 0 Å². The predicted octanol–water partition coefficient (Wildman–Crippen LogP) is 2.11. The highest BCUT2D eigenvalue weighted by Gasteiger charge is 2.24. The molecule has 0 bridgehead atoms. The van der Waals surface area contributed by atoms with E-state index in [1.165, 1.54) is 30.7 Å². The van der Waals surface area contributed by atoms with Crippen molar-refractivity contribution in [3.8, 4) is 0 Å². The van der Waals surface area contributed by atoms with E-state index in [2.05, 4.69) is 15.1 Å². The van der Waals surface area contributed by atoms with E-state index in [4.69, 9.17) is 9.84 Å². The molecule has 0 unspecified atom stereocenters. The molecule has 0 atom stereocenters. The minimum absolute atomic E-state index is 0.568. The van der Waals surface area contributed by atoms with Crippen LogP contribution < -0.4 is 0 Å². The summed E-state index contributed by atoms with van der Waals surface area (Å²) in [7, 11) is 0. The number of nitrogens with zero attached hydrogens (tertiary/aromatic N) is 5. The van der Waals surface area contributed by atoms with Gasteiger partial charge in [0, 0.05) is 25.4 Å². The van der Waals surface area contributed by atoms with Crippen LogP contribution in [0.3, 0.4) is 0 Å². The molecule has 1 aliphatic carbocycles. The van der Waals surface area contributed by atoms with Crippen molar-refractivity contribution in [2.45, 2.75) is 44.4 Å². The molecule has 22 heavy (non-hydrogen) atoms. The summed E-state index contributed by atoms with van der Waals surface area (Å²) in [6, 6.07) is 0. The molecule has 2 aromatic rings. The minimum Gasteiger partial charge on any atom is -0.379 e. The van der Waals surface area contributed by atoms with Crippen molar-refractivity contribution in [2.24, 2.45) is 0 Å². The Bertz CT molecular complexity index is 613. The molecule has 0 amide bonds. The fourth-order valence-electron chi connectivity index (χ4n) is 3.49. The normalized spacial score (nSPS) is 21.1. The van der Waals surface area contributed by atoms with Crippen molar-refractivity contribution in [3.63, 3.8) is 0 Å². The molecule has 0 spiro atoms. The lowest BCUT2D eigenvalue weighted by atomic mass is 10.1. The van der Waals surface area contributed by atoms with E-state index in [1.807, 2.05) is 4.52 Å². The molecule has 0 aromatic carbocycles. The van der Waals surface area contributed by atoms with Crippen LogP contribution >= 0.6 is 11.3 Å². The second kappa shape index (κ2) is 6.60. The number of morpholine rings is 1. The molecule has 0 N–H and O–H groups in total. The second-order valence-corrected chi connectivity index (χ2v) is 7.33. The van der Waals surface area contributed by atoms with Crippen LogP contribution in [0.1, 0.15) is 48.9 Å². The topological polar surface area (TPSA) is 55.5 Å². The molecular weight excluding hydrogens is 298 g/mol. The lowest BCUT2D eigenvalue weighted by Gasteiger charge is -2.26. The fraction of sp³-hybridized carbons (Fsp3) is 0.800. The average Bonchev–Trinajstić information content (AvgIpc) is 3.24. The molecule has 4 rings (SSSR count). The number of aryl methyl sites for hydroxylation is 1. The van der Waals surface area contributed by atoms with Crippen molar-refractivity contribution in [2.75, 3.05) is 32.8 Å². The smallest absolute Gasteiger partial charge is 0.234 e. The zero-order chi connectivity index (χ0) is 14.8. The van der Waals surface area contributed by atoms with Crippen molar-refractivity contribution in [1.82, 2.24) is 24.7 Å². The van der Waals surface area contributed by atoms with Crippen molar-refractivity contribution >= 4 is 16.3 Å². The number of hydrogen-bond donors (Lipinski definition) is 0. The minimum atomic E-state index is 0.568. The summed E-state index contributed by atoms with van der Waals surface area (Å²) < 4.78 is 7.39. The summed E-state index contributed by atoms with van der Waals surface area (Å²) in [5.41, 5.74) is 0. The van der Waals surface area contributed by atoms with Gasteiger partial charge in [0.25, 0.3) is 0 Å². The number of aromatic nitrogens is 4. The molecule has 7 heteroatoms. The van der Waals surface area contributed by atoms with E-state index in [9.17, 15) is 0 Å². The molecule has 2 aromatic heterocycles. The van der Waals surface area contributed by atoms with Crippen LogP contribution in [0.4, 0.5) is 0 Å². The summed E-state index contributed by atoms with van der Waals surface area (Å²) in [6.45, 7) is 5.02. The van der Waals surface area contributed by atoms with Gasteiger partial charge in [0.05, 0.1) is 13.2 Å². The van der Waals surface area contributed by atoms with Gasteiger partial charge < -0.3 is 4.74 Å². The quantitative estimate of drug-likeness (QED) is 0.844. The fourth-order valence-corrected chi connectivity index (χ4v) is 4.37. The van der Waals surface area contributed by atoms with E-state index in [0.29, 0.717) is 5.92 Å². The summed E-state index contributed by atoms with van der Waals surface area (Å²) >= 11 is 1.70. The Morgan fingerprint density at radius 2 is 1.95 bits per heavy atom. The summed E-state index contributed by atoms with van der Waals surface area (Å²) in [5.74, 6) is 1.65. The average molecular weight is 321 g/mol. The first kappa shape index (κ1) is 14.5. The Morgan fingerprint density at radius 1 is 1.14 bits per heavy atom. The number of ether oxygens (including phenoxy) is 1. The summed E-state index contributed by atoms with van der Waals surface area (Å²) in [5, 5.41) is 14.7. The van der Waals surface area contributed by atoms with Crippen molar-refractivity contribution < 1.29 is 4.74 Å². The van der Waals surface area contributed by atoms with E-state index < -0.39 is 0 Å². The van der Waals surface area contributed by atoms with Gasteiger partial charge in [0.15, 0.2) is 5.82 Å². The molecule has 1 aliphatic heterocycles. The maximum absolute atomic E-state index is 5.39. The second-order valence-electron chi connectivity index (χ2n) is 6.29. The third kappa shape index (κ3) is 3.02. The molecule has 2 aliphatic rings. The van der Waals surface area contributed by atoms with Crippen LogP contribution in [-0.4, -0.2) is 57.6 Å². The first-order valence-electron chi connectivity index (χ1n) is 8.41. The van der Waals surface area contributed by atoms with Gasteiger partial charge in [-0.1, -0.05) is 24.2 Å². The highest BCUT2D eigenvalue weighted by Crippen LogP contribution is 2.33. The molecule has 0 radical (unpaired) electrons. The number of fused-ring (bicyclic) bond motifs is 1. The van der Waals surface area contributed by atoms with Gasteiger partial charge in [0.2, 0.25) is 4.96 Å². The van der Waals surface area contributed by atoms with Crippen LogP contribution in [0, 0.1) is 0 Å². The Balaban J connectivity index is 1.37. The number of rotatable bonds is 5. The maximum Gasteiger partial charge on any atom is 0.234 e.